The van der Waals surface area contributed by atoms with Crippen LogP contribution >= 0.6 is 0 Å². The summed E-state index contributed by atoms with van der Waals surface area (Å²) in [6.07, 6.45) is 9.42. The molecule has 0 aliphatic rings. The number of hydrogen-bond acceptors (Lipinski definition) is 6. The number of unbranched alkanes of at least 4 members (excludes halogenated alkanes) is 2. The van der Waals surface area contributed by atoms with Crippen LogP contribution in [-0.2, 0) is 0 Å². The van der Waals surface area contributed by atoms with Crippen LogP contribution in [0.15, 0.2) is 18.7 Å². The van der Waals surface area contributed by atoms with Gasteiger partial charge in [-0.1, -0.05) is 26.7 Å². The highest BCUT2D eigenvalue weighted by Crippen LogP contribution is 2.11. The van der Waals surface area contributed by atoms with Crippen molar-refractivity contribution in [1.82, 2.24) is 24.5 Å². The van der Waals surface area contributed by atoms with Crippen LogP contribution in [0, 0.1) is 0 Å². The number of imidazole rings is 1. The Kier molecular flexibility index (Phi) is 5.93. The quantitative estimate of drug-likeness (QED) is 0.715. The van der Waals surface area contributed by atoms with Gasteiger partial charge in [-0.15, -0.1) is 0 Å². The first-order valence-corrected chi connectivity index (χ1v) is 7.44. The Hall–Kier alpha value is -2.18. The minimum Gasteiger partial charge on any atom is -0.463 e. The Labute approximate surface area is 124 Å². The molecule has 0 aliphatic heterocycles. The van der Waals surface area contributed by atoms with E-state index < -0.39 is 0 Å². The van der Waals surface area contributed by atoms with Crippen molar-refractivity contribution in [3.63, 3.8) is 0 Å². The molecular formula is C14H22N6O. The lowest BCUT2D eigenvalue weighted by Gasteiger charge is -2.09. The van der Waals surface area contributed by atoms with Gasteiger partial charge in [-0.2, -0.15) is 15.0 Å². The van der Waals surface area contributed by atoms with Crippen LogP contribution in [0.25, 0.3) is 5.95 Å². The van der Waals surface area contributed by atoms with E-state index >= 15 is 0 Å². The van der Waals surface area contributed by atoms with E-state index in [-0.39, 0.29) is 0 Å². The van der Waals surface area contributed by atoms with E-state index in [0.29, 0.717) is 24.5 Å². The maximum atomic E-state index is 5.63. The van der Waals surface area contributed by atoms with E-state index in [1.165, 1.54) is 0 Å². The third-order valence-electron chi connectivity index (χ3n) is 2.85. The maximum Gasteiger partial charge on any atom is 0.323 e. The summed E-state index contributed by atoms with van der Waals surface area (Å²) in [7, 11) is 0. The summed E-state index contributed by atoms with van der Waals surface area (Å²) in [6.45, 7) is 5.68. The van der Waals surface area contributed by atoms with Crippen molar-refractivity contribution in [3.8, 4) is 12.0 Å². The molecule has 0 unspecified atom stereocenters. The molecule has 7 heteroatoms. The van der Waals surface area contributed by atoms with Crippen LogP contribution in [-0.4, -0.2) is 37.7 Å². The second-order valence-corrected chi connectivity index (χ2v) is 4.69. The van der Waals surface area contributed by atoms with Crippen LogP contribution in [0.2, 0.25) is 0 Å². The Morgan fingerprint density at radius 1 is 1.14 bits per heavy atom. The monoisotopic (exact) mass is 290 g/mol. The van der Waals surface area contributed by atoms with E-state index in [1.807, 2.05) is 0 Å². The number of ether oxygens (including phenoxy) is 1. The molecule has 0 saturated carbocycles. The Morgan fingerprint density at radius 2 is 2.05 bits per heavy atom. The molecule has 0 aromatic carbocycles. The van der Waals surface area contributed by atoms with Crippen LogP contribution in [0.3, 0.4) is 0 Å². The van der Waals surface area contributed by atoms with E-state index in [0.717, 1.165) is 32.2 Å². The fourth-order valence-corrected chi connectivity index (χ4v) is 1.73. The summed E-state index contributed by atoms with van der Waals surface area (Å²) in [5, 5.41) is 3.16. The predicted molar refractivity (Wildman–Crippen MR) is 80.7 cm³/mol. The molecule has 0 radical (unpaired) electrons. The Morgan fingerprint density at radius 3 is 2.76 bits per heavy atom. The molecule has 1 N–H and O–H groups in total. The maximum absolute atomic E-state index is 5.63. The number of anilines is 1. The van der Waals surface area contributed by atoms with Crippen LogP contribution in [0.1, 0.15) is 39.5 Å². The van der Waals surface area contributed by atoms with Crippen molar-refractivity contribution in [2.45, 2.75) is 39.5 Å². The molecular weight excluding hydrogens is 268 g/mol. The number of aromatic nitrogens is 5. The minimum absolute atomic E-state index is 0.350. The normalized spacial score (nSPS) is 10.6. The highest BCUT2D eigenvalue weighted by molar-refractivity contribution is 5.30. The van der Waals surface area contributed by atoms with Crippen molar-refractivity contribution in [1.29, 1.82) is 0 Å². The van der Waals surface area contributed by atoms with Crippen molar-refractivity contribution in [2.24, 2.45) is 0 Å². The molecule has 2 rings (SSSR count). The smallest absolute Gasteiger partial charge is 0.323 e. The van der Waals surface area contributed by atoms with Gasteiger partial charge in [-0.25, -0.2) is 4.98 Å². The van der Waals surface area contributed by atoms with Gasteiger partial charge in [0.1, 0.15) is 6.33 Å². The molecule has 0 aliphatic carbocycles. The number of rotatable bonds is 9. The molecule has 0 fully saturated rings. The molecule has 0 bridgehead atoms. The van der Waals surface area contributed by atoms with Gasteiger partial charge in [-0.3, -0.25) is 4.57 Å². The molecule has 2 aromatic heterocycles. The highest BCUT2D eigenvalue weighted by Gasteiger charge is 2.08. The van der Waals surface area contributed by atoms with Crippen molar-refractivity contribution in [2.75, 3.05) is 18.5 Å². The number of hydrogen-bond donors (Lipinski definition) is 1. The lowest BCUT2D eigenvalue weighted by molar-refractivity contribution is 0.282. The molecule has 0 saturated heterocycles. The van der Waals surface area contributed by atoms with Crippen molar-refractivity contribution < 1.29 is 4.74 Å². The third-order valence-corrected chi connectivity index (χ3v) is 2.85. The van der Waals surface area contributed by atoms with Crippen LogP contribution in [0.5, 0.6) is 6.01 Å². The molecule has 114 valence electrons. The zero-order valence-corrected chi connectivity index (χ0v) is 12.6. The first-order valence-electron chi connectivity index (χ1n) is 7.44. The number of nitrogens with one attached hydrogen (secondary N) is 1. The largest absolute Gasteiger partial charge is 0.463 e. The first-order chi connectivity index (χ1) is 10.3. The average molecular weight is 290 g/mol. The van der Waals surface area contributed by atoms with Crippen molar-refractivity contribution >= 4 is 5.95 Å². The molecule has 21 heavy (non-hydrogen) atoms. The van der Waals surface area contributed by atoms with Gasteiger partial charge in [0.05, 0.1) is 6.61 Å². The zero-order valence-electron chi connectivity index (χ0n) is 12.6. The average Bonchev–Trinajstić information content (AvgIpc) is 3.04. The standard InChI is InChI=1S/C14H22N6O/c1-3-5-6-10-21-14-18-12(16-7-4-2)17-13(19-14)20-9-8-15-11-20/h8-9,11H,3-7,10H2,1-2H3,(H,16,17,18,19). The SMILES string of the molecule is CCCCCOc1nc(NCCC)nc(-n2ccnc2)n1. The van der Waals surface area contributed by atoms with Gasteiger partial charge in [-0.05, 0) is 12.8 Å². The van der Waals surface area contributed by atoms with E-state index in [9.17, 15) is 0 Å². The fraction of sp³-hybridized carbons (Fsp3) is 0.571. The van der Waals surface area contributed by atoms with Crippen molar-refractivity contribution in [3.05, 3.63) is 18.7 Å². The Balaban J connectivity index is 2.12. The topological polar surface area (TPSA) is 77.8 Å². The van der Waals surface area contributed by atoms with Gasteiger partial charge >= 0.3 is 6.01 Å². The fourth-order valence-electron chi connectivity index (χ4n) is 1.73. The summed E-state index contributed by atoms with van der Waals surface area (Å²) in [5.41, 5.74) is 0. The van der Waals surface area contributed by atoms with Gasteiger partial charge in [0.15, 0.2) is 0 Å². The number of nitrogens with zero attached hydrogens (tertiary/aromatic N) is 5. The second kappa shape index (κ2) is 8.18. The zero-order chi connectivity index (χ0) is 14.9. The second-order valence-electron chi connectivity index (χ2n) is 4.69. The summed E-state index contributed by atoms with van der Waals surface area (Å²) in [4.78, 5) is 17.0. The van der Waals surface area contributed by atoms with Gasteiger partial charge in [0.25, 0.3) is 0 Å². The first kappa shape index (κ1) is 15.2. The van der Waals surface area contributed by atoms with Gasteiger partial charge < -0.3 is 10.1 Å². The predicted octanol–water partition coefficient (Wildman–Crippen LogP) is 2.45. The van der Waals surface area contributed by atoms with E-state index in [4.69, 9.17) is 4.74 Å². The molecule has 0 amide bonds. The van der Waals surface area contributed by atoms with Gasteiger partial charge in [0, 0.05) is 18.9 Å². The summed E-state index contributed by atoms with van der Waals surface area (Å²) in [5.74, 6) is 1.03. The lowest BCUT2D eigenvalue weighted by atomic mass is 10.3. The molecule has 2 aromatic rings. The molecule has 0 spiro atoms. The summed E-state index contributed by atoms with van der Waals surface area (Å²) < 4.78 is 7.37. The summed E-state index contributed by atoms with van der Waals surface area (Å²) in [6, 6.07) is 0.350. The third kappa shape index (κ3) is 4.70. The molecule has 7 nitrogen and oxygen atoms in total. The Bertz CT molecular complexity index is 528. The van der Waals surface area contributed by atoms with Crippen LogP contribution in [0.4, 0.5) is 5.95 Å². The summed E-state index contributed by atoms with van der Waals surface area (Å²) >= 11 is 0. The van der Waals surface area contributed by atoms with E-state index in [2.05, 4.69) is 39.1 Å². The van der Waals surface area contributed by atoms with Crippen LogP contribution < -0.4 is 10.1 Å². The highest BCUT2D eigenvalue weighted by atomic mass is 16.5. The molecule has 2 heterocycles. The van der Waals surface area contributed by atoms with E-state index in [1.54, 1.807) is 23.3 Å². The van der Waals surface area contributed by atoms with Gasteiger partial charge in [0.2, 0.25) is 11.9 Å². The minimum atomic E-state index is 0.350. The lowest BCUT2D eigenvalue weighted by Crippen LogP contribution is -2.11. The molecule has 0 atom stereocenters.